The number of benzene rings is 1. The maximum absolute atomic E-state index is 10.5. The number of nitrogens with zero attached hydrogens (tertiary/aromatic N) is 2. The number of aliphatic hydroxyl groups excluding tert-OH is 1. The predicted molar refractivity (Wildman–Crippen MR) is 58.9 cm³/mol. The van der Waals surface area contributed by atoms with E-state index >= 15 is 0 Å². The number of nitro benzene ring substituents is 1. The van der Waals surface area contributed by atoms with E-state index in [1.807, 2.05) is 0 Å². The van der Waals surface area contributed by atoms with E-state index in [0.29, 0.717) is 5.92 Å². The standard InChI is InChI=1S/C11H14N2O3/c14-8-10-6-12(7-10)5-9-1-3-11(4-2-9)13(15)16/h1-4,10,14H,5-8H2. The van der Waals surface area contributed by atoms with Crippen molar-refractivity contribution in [1.29, 1.82) is 0 Å². The van der Waals surface area contributed by atoms with Gasteiger partial charge in [-0.25, -0.2) is 0 Å². The van der Waals surface area contributed by atoms with E-state index in [9.17, 15) is 10.1 Å². The quantitative estimate of drug-likeness (QED) is 0.610. The summed E-state index contributed by atoms with van der Waals surface area (Å²) in [5.74, 6) is 0.401. The van der Waals surface area contributed by atoms with Crippen LogP contribution in [0.2, 0.25) is 0 Å². The highest BCUT2D eigenvalue weighted by Crippen LogP contribution is 2.19. The maximum Gasteiger partial charge on any atom is 0.269 e. The minimum absolute atomic E-state index is 0.126. The molecular formula is C11H14N2O3. The van der Waals surface area contributed by atoms with Crippen molar-refractivity contribution in [2.75, 3.05) is 19.7 Å². The predicted octanol–water partition coefficient (Wildman–Crippen LogP) is 1.02. The van der Waals surface area contributed by atoms with Crippen molar-refractivity contribution < 1.29 is 10.0 Å². The molecule has 1 aliphatic heterocycles. The van der Waals surface area contributed by atoms with Crippen LogP contribution < -0.4 is 0 Å². The van der Waals surface area contributed by atoms with Crippen LogP contribution in [0.5, 0.6) is 0 Å². The van der Waals surface area contributed by atoms with Gasteiger partial charge in [-0.1, -0.05) is 12.1 Å². The van der Waals surface area contributed by atoms with Crippen molar-refractivity contribution in [3.05, 3.63) is 39.9 Å². The monoisotopic (exact) mass is 222 g/mol. The largest absolute Gasteiger partial charge is 0.396 e. The van der Waals surface area contributed by atoms with Crippen LogP contribution in [0.4, 0.5) is 5.69 Å². The Kier molecular flexibility index (Phi) is 3.17. The molecule has 1 aromatic rings. The summed E-state index contributed by atoms with van der Waals surface area (Å²) in [5, 5.41) is 19.3. The van der Waals surface area contributed by atoms with Crippen LogP contribution in [0.15, 0.2) is 24.3 Å². The summed E-state index contributed by atoms with van der Waals surface area (Å²) < 4.78 is 0. The van der Waals surface area contributed by atoms with E-state index in [1.165, 1.54) is 12.1 Å². The number of hydrogen-bond donors (Lipinski definition) is 1. The molecule has 0 aromatic heterocycles. The molecule has 86 valence electrons. The summed E-state index contributed by atoms with van der Waals surface area (Å²) in [6.45, 7) is 2.87. The van der Waals surface area contributed by atoms with Crippen molar-refractivity contribution in [2.45, 2.75) is 6.54 Å². The number of rotatable bonds is 4. The van der Waals surface area contributed by atoms with Gasteiger partial charge in [0.25, 0.3) is 5.69 Å². The van der Waals surface area contributed by atoms with Gasteiger partial charge < -0.3 is 5.11 Å². The smallest absolute Gasteiger partial charge is 0.269 e. The molecule has 0 aliphatic carbocycles. The van der Waals surface area contributed by atoms with E-state index < -0.39 is 4.92 Å². The summed E-state index contributed by atoms with van der Waals surface area (Å²) >= 11 is 0. The first-order valence-corrected chi connectivity index (χ1v) is 5.25. The van der Waals surface area contributed by atoms with Gasteiger partial charge in [-0.05, 0) is 5.56 Å². The number of likely N-dealkylation sites (tertiary alicyclic amines) is 1. The Morgan fingerprint density at radius 3 is 2.50 bits per heavy atom. The van der Waals surface area contributed by atoms with Gasteiger partial charge in [-0.3, -0.25) is 15.0 Å². The lowest BCUT2D eigenvalue weighted by molar-refractivity contribution is -0.384. The lowest BCUT2D eigenvalue weighted by atomic mass is 10.0. The molecule has 16 heavy (non-hydrogen) atoms. The summed E-state index contributed by atoms with van der Waals surface area (Å²) in [6, 6.07) is 6.62. The summed E-state index contributed by atoms with van der Waals surface area (Å²) in [7, 11) is 0. The molecule has 1 fully saturated rings. The van der Waals surface area contributed by atoms with Crippen molar-refractivity contribution in [1.82, 2.24) is 4.90 Å². The molecule has 0 unspecified atom stereocenters. The number of non-ortho nitro benzene ring substituents is 1. The molecule has 0 spiro atoms. The molecule has 1 heterocycles. The van der Waals surface area contributed by atoms with E-state index in [4.69, 9.17) is 5.11 Å². The van der Waals surface area contributed by atoms with Gasteiger partial charge in [-0.15, -0.1) is 0 Å². The third-order valence-corrected chi connectivity index (χ3v) is 2.84. The second kappa shape index (κ2) is 4.59. The second-order valence-electron chi connectivity index (χ2n) is 4.17. The zero-order chi connectivity index (χ0) is 11.5. The molecule has 1 saturated heterocycles. The molecule has 0 bridgehead atoms. The lowest BCUT2D eigenvalue weighted by Gasteiger charge is -2.38. The van der Waals surface area contributed by atoms with Crippen LogP contribution >= 0.6 is 0 Å². The number of nitro groups is 1. The molecule has 2 rings (SSSR count). The van der Waals surface area contributed by atoms with Gasteiger partial charge in [0.2, 0.25) is 0 Å². The highest BCUT2D eigenvalue weighted by molar-refractivity contribution is 5.32. The van der Waals surface area contributed by atoms with Crippen molar-refractivity contribution in [2.24, 2.45) is 5.92 Å². The third kappa shape index (κ3) is 2.37. The van der Waals surface area contributed by atoms with Crippen LogP contribution in [-0.4, -0.2) is 34.6 Å². The Bertz CT molecular complexity index is 371. The molecule has 5 heteroatoms. The first-order valence-electron chi connectivity index (χ1n) is 5.25. The first kappa shape index (κ1) is 11.0. The average molecular weight is 222 g/mol. The number of hydrogen-bond acceptors (Lipinski definition) is 4. The second-order valence-corrected chi connectivity index (χ2v) is 4.17. The van der Waals surface area contributed by atoms with E-state index in [0.717, 1.165) is 25.2 Å². The normalized spacial score (nSPS) is 17.1. The minimum Gasteiger partial charge on any atom is -0.396 e. The van der Waals surface area contributed by atoms with Gasteiger partial charge >= 0.3 is 0 Å². The molecule has 0 amide bonds. The topological polar surface area (TPSA) is 66.6 Å². The molecule has 0 atom stereocenters. The summed E-state index contributed by atoms with van der Waals surface area (Å²) in [6.07, 6.45) is 0. The third-order valence-electron chi connectivity index (χ3n) is 2.84. The molecule has 0 radical (unpaired) electrons. The average Bonchev–Trinajstić information content (AvgIpc) is 2.23. The summed E-state index contributed by atoms with van der Waals surface area (Å²) in [5.41, 5.74) is 1.20. The van der Waals surface area contributed by atoms with Gasteiger partial charge in [0, 0.05) is 44.3 Å². The van der Waals surface area contributed by atoms with E-state index in [2.05, 4.69) is 4.90 Å². The Balaban J connectivity index is 1.89. The molecule has 0 saturated carbocycles. The zero-order valence-corrected chi connectivity index (χ0v) is 8.87. The van der Waals surface area contributed by atoms with Crippen LogP contribution in [-0.2, 0) is 6.54 Å². The number of aliphatic hydroxyl groups is 1. The molecule has 1 N–H and O–H groups in total. The van der Waals surface area contributed by atoms with Crippen LogP contribution in [0.1, 0.15) is 5.56 Å². The molecule has 1 aliphatic rings. The fraction of sp³-hybridized carbons (Fsp3) is 0.455. The van der Waals surface area contributed by atoms with Crippen molar-refractivity contribution in [3.63, 3.8) is 0 Å². The molecule has 5 nitrogen and oxygen atoms in total. The highest BCUT2D eigenvalue weighted by atomic mass is 16.6. The molecule has 1 aromatic carbocycles. The van der Waals surface area contributed by atoms with E-state index in [-0.39, 0.29) is 12.3 Å². The van der Waals surface area contributed by atoms with Gasteiger partial charge in [0.05, 0.1) is 4.92 Å². The SMILES string of the molecule is O=[N+]([O-])c1ccc(CN2CC(CO)C2)cc1. The Morgan fingerprint density at radius 2 is 2.00 bits per heavy atom. The van der Waals surface area contributed by atoms with Gasteiger partial charge in [0.1, 0.15) is 0 Å². The van der Waals surface area contributed by atoms with Gasteiger partial charge in [-0.2, -0.15) is 0 Å². The maximum atomic E-state index is 10.5. The fourth-order valence-electron chi connectivity index (χ4n) is 1.90. The first-order chi connectivity index (χ1) is 7.69. The lowest BCUT2D eigenvalue weighted by Crippen LogP contribution is -2.47. The Hall–Kier alpha value is -1.46. The minimum atomic E-state index is -0.394. The highest BCUT2D eigenvalue weighted by Gasteiger charge is 2.25. The van der Waals surface area contributed by atoms with Crippen LogP contribution in [0.25, 0.3) is 0 Å². The molecular weight excluding hydrogens is 208 g/mol. The Morgan fingerprint density at radius 1 is 1.38 bits per heavy atom. The van der Waals surface area contributed by atoms with Crippen LogP contribution in [0, 0.1) is 16.0 Å². The fourth-order valence-corrected chi connectivity index (χ4v) is 1.90. The van der Waals surface area contributed by atoms with E-state index in [1.54, 1.807) is 12.1 Å². The van der Waals surface area contributed by atoms with Gasteiger partial charge in [0.15, 0.2) is 0 Å². The van der Waals surface area contributed by atoms with Crippen molar-refractivity contribution >= 4 is 5.69 Å². The zero-order valence-electron chi connectivity index (χ0n) is 8.87. The van der Waals surface area contributed by atoms with Crippen molar-refractivity contribution in [3.8, 4) is 0 Å². The Labute approximate surface area is 93.5 Å². The summed E-state index contributed by atoms with van der Waals surface area (Å²) in [4.78, 5) is 12.3. The van der Waals surface area contributed by atoms with Crippen LogP contribution in [0.3, 0.4) is 0 Å².